The lowest BCUT2D eigenvalue weighted by Crippen LogP contribution is -2.21. The van der Waals surface area contributed by atoms with E-state index in [0.29, 0.717) is 11.6 Å². The molecule has 0 bridgehead atoms. The van der Waals surface area contributed by atoms with Crippen LogP contribution in [0.2, 0.25) is 5.02 Å². The van der Waals surface area contributed by atoms with E-state index in [9.17, 15) is 0 Å². The maximum absolute atomic E-state index is 6.26. The van der Waals surface area contributed by atoms with E-state index in [4.69, 9.17) is 22.1 Å². The van der Waals surface area contributed by atoms with Crippen LogP contribution in [-0.2, 0) is 12.8 Å². The van der Waals surface area contributed by atoms with Gasteiger partial charge >= 0.3 is 0 Å². The van der Waals surface area contributed by atoms with Gasteiger partial charge < -0.3 is 10.5 Å². The zero-order valence-corrected chi connectivity index (χ0v) is 13.0. The number of para-hydroxylation sites is 1. The van der Waals surface area contributed by atoms with Crippen molar-refractivity contribution in [2.75, 3.05) is 6.61 Å². The molecular formula is C17H21ClN2O. The molecule has 1 aromatic carbocycles. The molecule has 3 nitrogen and oxygen atoms in total. The molecule has 2 aromatic rings. The van der Waals surface area contributed by atoms with Gasteiger partial charge in [0.15, 0.2) is 0 Å². The fourth-order valence-corrected chi connectivity index (χ4v) is 2.37. The van der Waals surface area contributed by atoms with Crippen LogP contribution in [0.3, 0.4) is 0 Å². The van der Waals surface area contributed by atoms with Gasteiger partial charge in [-0.05, 0) is 36.1 Å². The zero-order valence-electron chi connectivity index (χ0n) is 12.3. The van der Waals surface area contributed by atoms with Crippen LogP contribution in [-0.4, -0.2) is 17.6 Å². The van der Waals surface area contributed by atoms with Crippen LogP contribution in [0.5, 0.6) is 5.75 Å². The van der Waals surface area contributed by atoms with E-state index in [1.807, 2.05) is 36.5 Å². The molecule has 0 aliphatic rings. The van der Waals surface area contributed by atoms with Crippen molar-refractivity contribution in [3.63, 3.8) is 0 Å². The normalized spacial score (nSPS) is 12.1. The lowest BCUT2D eigenvalue weighted by atomic mass is 10.0. The number of ether oxygens (including phenoxy) is 1. The first-order valence-electron chi connectivity index (χ1n) is 7.25. The highest BCUT2D eigenvalue weighted by Crippen LogP contribution is 2.29. The molecule has 1 heterocycles. The predicted octanol–water partition coefficient (Wildman–Crippen LogP) is 3.64. The number of halogens is 1. The predicted molar refractivity (Wildman–Crippen MR) is 86.9 cm³/mol. The lowest BCUT2D eigenvalue weighted by Gasteiger charge is -2.15. The minimum atomic E-state index is 0.129. The monoisotopic (exact) mass is 304 g/mol. The van der Waals surface area contributed by atoms with Crippen LogP contribution >= 0.6 is 11.6 Å². The number of aromatic nitrogens is 1. The summed E-state index contributed by atoms with van der Waals surface area (Å²) in [5.74, 6) is 0.756. The molecule has 0 amide bonds. The molecule has 0 saturated carbocycles. The maximum Gasteiger partial charge on any atom is 0.141 e. The third-order valence-corrected chi connectivity index (χ3v) is 3.71. The minimum Gasteiger partial charge on any atom is -0.491 e. The highest BCUT2D eigenvalue weighted by molar-refractivity contribution is 6.32. The van der Waals surface area contributed by atoms with Crippen molar-refractivity contribution in [1.29, 1.82) is 0 Å². The molecular weight excluding hydrogens is 284 g/mol. The Labute approximate surface area is 131 Å². The van der Waals surface area contributed by atoms with Crippen molar-refractivity contribution >= 4 is 11.6 Å². The number of pyridine rings is 1. The van der Waals surface area contributed by atoms with Crippen molar-refractivity contribution in [2.24, 2.45) is 5.73 Å². The molecule has 0 spiro atoms. The summed E-state index contributed by atoms with van der Waals surface area (Å²) in [5, 5.41) is 0.641. The molecule has 0 saturated heterocycles. The average Bonchev–Trinajstić information content (AvgIpc) is 2.51. The van der Waals surface area contributed by atoms with E-state index >= 15 is 0 Å². The van der Waals surface area contributed by atoms with E-state index in [-0.39, 0.29) is 6.04 Å². The number of hydrogen-bond donors (Lipinski definition) is 1. The zero-order chi connectivity index (χ0) is 15.1. The molecule has 1 aromatic heterocycles. The summed E-state index contributed by atoms with van der Waals surface area (Å²) in [7, 11) is 0. The van der Waals surface area contributed by atoms with Crippen molar-refractivity contribution in [2.45, 2.75) is 32.2 Å². The number of benzene rings is 1. The Kier molecular flexibility index (Phi) is 6.03. The van der Waals surface area contributed by atoms with E-state index in [0.717, 1.165) is 36.1 Å². The largest absolute Gasteiger partial charge is 0.491 e. The van der Waals surface area contributed by atoms with Crippen LogP contribution < -0.4 is 10.5 Å². The highest BCUT2D eigenvalue weighted by Gasteiger charge is 2.11. The number of hydrogen-bond acceptors (Lipinski definition) is 3. The first kappa shape index (κ1) is 15.8. The summed E-state index contributed by atoms with van der Waals surface area (Å²) < 4.78 is 5.90. The summed E-state index contributed by atoms with van der Waals surface area (Å²) in [5.41, 5.74) is 8.26. The van der Waals surface area contributed by atoms with Gasteiger partial charge in [0.1, 0.15) is 5.75 Å². The van der Waals surface area contributed by atoms with Crippen molar-refractivity contribution in [1.82, 2.24) is 4.98 Å². The Morgan fingerprint density at radius 2 is 2.14 bits per heavy atom. The Balaban J connectivity index is 2.01. The smallest absolute Gasteiger partial charge is 0.141 e. The third-order valence-electron chi connectivity index (χ3n) is 3.41. The summed E-state index contributed by atoms with van der Waals surface area (Å²) in [6, 6.07) is 9.91. The molecule has 0 aliphatic heterocycles. The number of nitrogens with two attached hydrogens (primary N) is 1. The van der Waals surface area contributed by atoms with E-state index in [1.54, 1.807) is 6.20 Å². The second kappa shape index (κ2) is 8.01. The van der Waals surface area contributed by atoms with Crippen LogP contribution in [0.15, 0.2) is 42.7 Å². The molecule has 2 N–H and O–H groups in total. The molecule has 112 valence electrons. The minimum absolute atomic E-state index is 0.129. The van der Waals surface area contributed by atoms with E-state index in [1.165, 1.54) is 0 Å². The van der Waals surface area contributed by atoms with Gasteiger partial charge in [-0.25, -0.2) is 0 Å². The summed E-state index contributed by atoms with van der Waals surface area (Å²) in [6.45, 7) is 2.65. The van der Waals surface area contributed by atoms with Gasteiger partial charge in [0.05, 0.1) is 11.6 Å². The number of nitrogens with zero attached hydrogens (tertiary/aromatic N) is 1. The van der Waals surface area contributed by atoms with Crippen LogP contribution in [0.1, 0.15) is 24.5 Å². The van der Waals surface area contributed by atoms with Gasteiger partial charge in [0.2, 0.25) is 0 Å². The molecule has 0 fully saturated rings. The summed E-state index contributed by atoms with van der Waals surface area (Å²) in [4.78, 5) is 4.10. The summed E-state index contributed by atoms with van der Waals surface area (Å²) >= 11 is 6.26. The quantitative estimate of drug-likeness (QED) is 0.849. The standard InChI is InChI=1S/C17H21ClN2O/c1-2-15(19)11-14-6-3-7-16(18)17(14)21-10-8-13-5-4-9-20-12-13/h3-7,9,12,15H,2,8,10-11,19H2,1H3. The van der Waals surface area contributed by atoms with Crippen LogP contribution in [0.4, 0.5) is 0 Å². The summed E-state index contributed by atoms with van der Waals surface area (Å²) in [6.07, 6.45) is 6.13. The van der Waals surface area contributed by atoms with Gasteiger partial charge in [0.25, 0.3) is 0 Å². The van der Waals surface area contributed by atoms with Gasteiger partial charge in [-0.1, -0.05) is 36.7 Å². The highest BCUT2D eigenvalue weighted by atomic mass is 35.5. The van der Waals surface area contributed by atoms with Crippen molar-refractivity contribution in [3.05, 3.63) is 58.9 Å². The van der Waals surface area contributed by atoms with Gasteiger partial charge in [-0.2, -0.15) is 0 Å². The Morgan fingerprint density at radius 3 is 2.86 bits per heavy atom. The first-order valence-corrected chi connectivity index (χ1v) is 7.63. The van der Waals surface area contributed by atoms with E-state index in [2.05, 4.69) is 11.9 Å². The van der Waals surface area contributed by atoms with E-state index < -0.39 is 0 Å². The Bertz CT molecular complexity index is 560. The maximum atomic E-state index is 6.26. The number of rotatable bonds is 7. The van der Waals surface area contributed by atoms with Crippen LogP contribution in [0.25, 0.3) is 0 Å². The molecule has 1 unspecified atom stereocenters. The van der Waals surface area contributed by atoms with Crippen LogP contribution in [0, 0.1) is 0 Å². The fourth-order valence-electron chi connectivity index (χ4n) is 2.12. The molecule has 0 aliphatic carbocycles. The molecule has 0 radical (unpaired) electrons. The Hall–Kier alpha value is -1.58. The van der Waals surface area contributed by atoms with Gasteiger partial charge in [-0.3, -0.25) is 4.98 Å². The molecule has 21 heavy (non-hydrogen) atoms. The van der Waals surface area contributed by atoms with Gasteiger partial charge in [-0.15, -0.1) is 0 Å². The SMILES string of the molecule is CCC(N)Cc1cccc(Cl)c1OCCc1cccnc1. The Morgan fingerprint density at radius 1 is 1.29 bits per heavy atom. The molecule has 4 heteroatoms. The first-order chi connectivity index (χ1) is 10.2. The average molecular weight is 305 g/mol. The fraction of sp³-hybridized carbons (Fsp3) is 0.353. The second-order valence-electron chi connectivity index (χ2n) is 5.06. The second-order valence-corrected chi connectivity index (χ2v) is 5.47. The lowest BCUT2D eigenvalue weighted by molar-refractivity contribution is 0.318. The van der Waals surface area contributed by atoms with Crippen molar-refractivity contribution < 1.29 is 4.74 Å². The molecule has 1 atom stereocenters. The van der Waals surface area contributed by atoms with Gasteiger partial charge in [0, 0.05) is 24.9 Å². The van der Waals surface area contributed by atoms with Crippen molar-refractivity contribution in [3.8, 4) is 5.75 Å². The third kappa shape index (κ3) is 4.73. The molecule has 2 rings (SSSR count). The topological polar surface area (TPSA) is 48.1 Å².